The van der Waals surface area contributed by atoms with Crippen molar-refractivity contribution in [2.45, 2.75) is 39.7 Å². The fourth-order valence-corrected chi connectivity index (χ4v) is 2.28. The third kappa shape index (κ3) is 8.31. The van der Waals surface area contributed by atoms with E-state index in [4.69, 9.17) is 5.73 Å². The maximum atomic E-state index is 13.2. The quantitative estimate of drug-likeness (QED) is 0.696. The smallest absolute Gasteiger partial charge is 0.241 e. The Balaban J connectivity index is 0.00000576. The van der Waals surface area contributed by atoms with Crippen LogP contribution in [-0.4, -0.2) is 42.4 Å². The van der Waals surface area contributed by atoms with Crippen LogP contribution in [-0.2, 0) is 16.0 Å². The molecule has 0 bridgehead atoms. The molecule has 1 rings (SSSR count). The van der Waals surface area contributed by atoms with E-state index in [1.807, 2.05) is 26.8 Å². The average Bonchev–Trinajstić information content (AvgIpc) is 2.55. The highest BCUT2D eigenvalue weighted by molar-refractivity contribution is 5.87. The maximum Gasteiger partial charge on any atom is 0.241 e. The van der Waals surface area contributed by atoms with Crippen LogP contribution >= 0.6 is 12.4 Å². The van der Waals surface area contributed by atoms with Crippen LogP contribution in [0, 0.1) is 11.7 Å². The van der Waals surface area contributed by atoms with Gasteiger partial charge in [-0.2, -0.15) is 0 Å². The van der Waals surface area contributed by atoms with E-state index in [9.17, 15) is 14.0 Å². The van der Waals surface area contributed by atoms with E-state index in [0.717, 1.165) is 12.0 Å². The molecule has 0 spiro atoms. The normalized spacial score (nSPS) is 11.6. The maximum absolute atomic E-state index is 13.2. The molecule has 0 fully saturated rings. The number of nitrogens with zero attached hydrogens (tertiary/aromatic N) is 1. The summed E-state index contributed by atoms with van der Waals surface area (Å²) in [6, 6.07) is 5.74. The van der Waals surface area contributed by atoms with Crippen LogP contribution in [0.1, 0.15) is 32.8 Å². The number of amides is 2. The summed E-state index contributed by atoms with van der Waals surface area (Å²) in [6.45, 7) is 6.71. The molecule has 7 heteroatoms. The summed E-state index contributed by atoms with van der Waals surface area (Å²) in [7, 11) is 0. The third-order valence-electron chi connectivity index (χ3n) is 3.84. The number of nitrogens with one attached hydrogen (secondary N) is 1. The Morgan fingerprint density at radius 3 is 2.52 bits per heavy atom. The van der Waals surface area contributed by atoms with E-state index >= 15 is 0 Å². The zero-order valence-electron chi connectivity index (χ0n) is 15.1. The molecule has 1 atom stereocenters. The van der Waals surface area contributed by atoms with Crippen LogP contribution in [0.3, 0.4) is 0 Å². The van der Waals surface area contributed by atoms with Crippen LogP contribution in [0.2, 0.25) is 0 Å². The first kappa shape index (κ1) is 23.3. The molecule has 0 saturated carbocycles. The van der Waals surface area contributed by atoms with Crippen LogP contribution in [0.5, 0.6) is 0 Å². The van der Waals surface area contributed by atoms with Crippen molar-refractivity contribution in [3.63, 3.8) is 0 Å². The minimum absolute atomic E-state index is 0. The monoisotopic (exact) mass is 373 g/mol. The molecule has 0 aliphatic rings. The molecule has 1 aromatic carbocycles. The molecule has 0 heterocycles. The molecular weight excluding hydrogens is 345 g/mol. The zero-order valence-corrected chi connectivity index (χ0v) is 15.9. The Bertz CT molecular complexity index is 555. The highest BCUT2D eigenvalue weighted by Gasteiger charge is 2.19. The lowest BCUT2D eigenvalue weighted by atomic mass is 10.1. The molecule has 0 radical (unpaired) electrons. The number of halogens is 2. The molecule has 25 heavy (non-hydrogen) atoms. The number of benzene rings is 1. The van der Waals surface area contributed by atoms with Crippen molar-refractivity contribution in [1.82, 2.24) is 10.2 Å². The Morgan fingerprint density at radius 2 is 1.96 bits per heavy atom. The fourth-order valence-electron chi connectivity index (χ4n) is 2.28. The summed E-state index contributed by atoms with van der Waals surface area (Å²) in [4.78, 5) is 25.8. The van der Waals surface area contributed by atoms with Gasteiger partial charge >= 0.3 is 0 Å². The summed E-state index contributed by atoms with van der Waals surface area (Å²) in [6.07, 6.45) is 1.39. The van der Waals surface area contributed by atoms with Gasteiger partial charge in [0.25, 0.3) is 0 Å². The molecule has 0 aliphatic heterocycles. The SMILES string of the molecule is CCCN(CCc1cccc(F)c1)C(=O)CNC(=O)[C@@H](N)C(C)C.Cl. The van der Waals surface area contributed by atoms with E-state index in [1.165, 1.54) is 12.1 Å². The second kappa shape index (κ2) is 11.8. The number of carbonyl (C=O) groups excluding carboxylic acids is 2. The van der Waals surface area contributed by atoms with Crippen molar-refractivity contribution in [2.75, 3.05) is 19.6 Å². The van der Waals surface area contributed by atoms with E-state index in [-0.39, 0.29) is 42.5 Å². The van der Waals surface area contributed by atoms with Gasteiger partial charge in [-0.05, 0) is 36.5 Å². The van der Waals surface area contributed by atoms with Gasteiger partial charge in [0.05, 0.1) is 12.6 Å². The first-order valence-corrected chi connectivity index (χ1v) is 8.40. The van der Waals surface area contributed by atoms with E-state index < -0.39 is 6.04 Å². The van der Waals surface area contributed by atoms with Crippen molar-refractivity contribution in [3.8, 4) is 0 Å². The molecule has 0 aliphatic carbocycles. The first-order chi connectivity index (χ1) is 11.3. The average molecular weight is 374 g/mol. The number of hydrogen-bond acceptors (Lipinski definition) is 3. The highest BCUT2D eigenvalue weighted by Crippen LogP contribution is 2.06. The standard InChI is InChI=1S/C18H28FN3O2.ClH/c1-4-9-22(10-8-14-6-5-7-15(19)11-14)16(23)12-21-18(24)17(20)13(2)3;/h5-7,11,13,17H,4,8-10,12,20H2,1-3H3,(H,21,24);1H/t17-;/m0./s1. The van der Waals surface area contributed by atoms with E-state index in [1.54, 1.807) is 11.0 Å². The van der Waals surface area contributed by atoms with Crippen molar-refractivity contribution in [1.29, 1.82) is 0 Å². The summed E-state index contributed by atoms with van der Waals surface area (Å²) in [5.41, 5.74) is 6.60. The lowest BCUT2D eigenvalue weighted by Crippen LogP contribution is -2.48. The Hall–Kier alpha value is -1.66. The third-order valence-corrected chi connectivity index (χ3v) is 3.84. The molecule has 142 valence electrons. The number of rotatable bonds is 9. The Morgan fingerprint density at radius 1 is 1.28 bits per heavy atom. The van der Waals surface area contributed by atoms with Crippen molar-refractivity contribution in [3.05, 3.63) is 35.6 Å². The minimum Gasteiger partial charge on any atom is -0.346 e. The van der Waals surface area contributed by atoms with Crippen molar-refractivity contribution < 1.29 is 14.0 Å². The zero-order chi connectivity index (χ0) is 18.1. The van der Waals surface area contributed by atoms with Gasteiger partial charge in [0, 0.05) is 13.1 Å². The summed E-state index contributed by atoms with van der Waals surface area (Å²) >= 11 is 0. The van der Waals surface area contributed by atoms with Gasteiger partial charge in [0.1, 0.15) is 5.82 Å². The molecule has 1 aromatic rings. The van der Waals surface area contributed by atoms with Gasteiger partial charge in [-0.25, -0.2) is 4.39 Å². The van der Waals surface area contributed by atoms with Crippen LogP contribution in [0.15, 0.2) is 24.3 Å². The first-order valence-electron chi connectivity index (χ1n) is 8.40. The van der Waals surface area contributed by atoms with Gasteiger partial charge in [-0.15, -0.1) is 12.4 Å². The second-order valence-electron chi connectivity index (χ2n) is 6.25. The molecule has 0 aromatic heterocycles. The predicted octanol–water partition coefficient (Wildman–Crippen LogP) is 2.13. The largest absolute Gasteiger partial charge is 0.346 e. The second-order valence-corrected chi connectivity index (χ2v) is 6.25. The molecule has 5 nitrogen and oxygen atoms in total. The highest BCUT2D eigenvalue weighted by atomic mass is 35.5. The number of nitrogens with two attached hydrogens (primary N) is 1. The molecule has 2 amide bonds. The van der Waals surface area contributed by atoms with Crippen LogP contribution in [0.25, 0.3) is 0 Å². The predicted molar refractivity (Wildman–Crippen MR) is 100 cm³/mol. The Kier molecular flexibility index (Phi) is 11.0. The lowest BCUT2D eigenvalue weighted by Gasteiger charge is -2.23. The number of hydrogen-bond donors (Lipinski definition) is 2. The molecular formula is C18H29ClFN3O2. The summed E-state index contributed by atoms with van der Waals surface area (Å²) < 4.78 is 13.2. The van der Waals surface area contributed by atoms with Gasteiger partial charge in [-0.1, -0.05) is 32.9 Å². The number of carbonyl (C=O) groups is 2. The topological polar surface area (TPSA) is 75.4 Å². The summed E-state index contributed by atoms with van der Waals surface area (Å²) in [5.74, 6) is -0.742. The van der Waals surface area contributed by atoms with Gasteiger partial charge in [0.15, 0.2) is 0 Å². The molecule has 0 saturated heterocycles. The van der Waals surface area contributed by atoms with Gasteiger partial charge in [0.2, 0.25) is 11.8 Å². The van der Waals surface area contributed by atoms with Crippen LogP contribution in [0.4, 0.5) is 4.39 Å². The van der Waals surface area contributed by atoms with E-state index in [2.05, 4.69) is 5.32 Å². The lowest BCUT2D eigenvalue weighted by molar-refractivity contribution is -0.133. The van der Waals surface area contributed by atoms with Crippen LogP contribution < -0.4 is 11.1 Å². The van der Waals surface area contributed by atoms with Gasteiger partial charge < -0.3 is 16.0 Å². The van der Waals surface area contributed by atoms with Crippen molar-refractivity contribution >= 4 is 24.2 Å². The van der Waals surface area contributed by atoms with Gasteiger partial charge in [-0.3, -0.25) is 9.59 Å². The molecule has 3 N–H and O–H groups in total. The van der Waals surface area contributed by atoms with E-state index in [0.29, 0.717) is 19.5 Å². The minimum atomic E-state index is -0.621. The van der Waals surface area contributed by atoms with Crippen molar-refractivity contribution in [2.24, 2.45) is 11.7 Å². The summed E-state index contributed by atoms with van der Waals surface area (Å²) in [5, 5.41) is 2.59. The Labute approximate surface area is 155 Å². The fraction of sp³-hybridized carbons (Fsp3) is 0.556. The molecule has 0 unspecified atom stereocenters.